The minimum absolute atomic E-state index is 0.0453. The number of pyridine rings is 1. The van der Waals surface area contributed by atoms with Crippen LogP contribution in [0.4, 0.5) is 4.79 Å². The van der Waals surface area contributed by atoms with Crippen molar-refractivity contribution in [3.05, 3.63) is 78.1 Å². The minimum atomic E-state index is 0.0453. The first-order chi connectivity index (χ1) is 13.8. The quantitative estimate of drug-likeness (QED) is 0.691. The van der Waals surface area contributed by atoms with Gasteiger partial charge in [-0.05, 0) is 53.3 Å². The van der Waals surface area contributed by atoms with Crippen molar-refractivity contribution in [3.8, 4) is 0 Å². The molecule has 2 amide bonds. The SMILES string of the molecule is O=C(NCCc1cccc2ccccc12)N1CCCCC[C@@H]1c1ccncc1. The van der Waals surface area contributed by atoms with Gasteiger partial charge in [0.1, 0.15) is 0 Å². The zero-order valence-corrected chi connectivity index (χ0v) is 16.2. The molecule has 4 heteroatoms. The van der Waals surface area contributed by atoms with Crippen LogP contribution in [0.1, 0.15) is 42.9 Å². The van der Waals surface area contributed by atoms with Crippen LogP contribution in [0.15, 0.2) is 67.0 Å². The molecule has 4 rings (SSSR count). The fourth-order valence-electron chi connectivity index (χ4n) is 4.20. The van der Waals surface area contributed by atoms with Crippen LogP contribution in [0.3, 0.4) is 0 Å². The van der Waals surface area contributed by atoms with Gasteiger partial charge < -0.3 is 10.2 Å². The van der Waals surface area contributed by atoms with Crippen LogP contribution in [-0.2, 0) is 6.42 Å². The molecule has 0 radical (unpaired) electrons. The van der Waals surface area contributed by atoms with Crippen molar-refractivity contribution in [2.24, 2.45) is 0 Å². The number of hydrogen-bond acceptors (Lipinski definition) is 2. The van der Waals surface area contributed by atoms with E-state index in [0.717, 1.165) is 32.2 Å². The van der Waals surface area contributed by atoms with Crippen LogP contribution >= 0.6 is 0 Å². The lowest BCUT2D eigenvalue weighted by Gasteiger charge is -2.30. The Morgan fingerprint density at radius 2 is 1.82 bits per heavy atom. The molecule has 4 nitrogen and oxygen atoms in total. The average Bonchev–Trinajstić information content (AvgIpc) is 3.01. The van der Waals surface area contributed by atoms with E-state index in [2.05, 4.69) is 52.8 Å². The third-order valence-corrected chi connectivity index (χ3v) is 5.66. The van der Waals surface area contributed by atoms with E-state index in [0.29, 0.717) is 6.54 Å². The monoisotopic (exact) mass is 373 g/mol. The molecule has 0 unspecified atom stereocenters. The summed E-state index contributed by atoms with van der Waals surface area (Å²) in [7, 11) is 0. The number of likely N-dealkylation sites (tertiary alicyclic amines) is 1. The third kappa shape index (κ3) is 4.16. The van der Waals surface area contributed by atoms with Gasteiger partial charge in [-0.1, -0.05) is 55.3 Å². The normalized spacial score (nSPS) is 17.3. The molecule has 28 heavy (non-hydrogen) atoms. The number of fused-ring (bicyclic) bond motifs is 1. The fourth-order valence-corrected chi connectivity index (χ4v) is 4.20. The summed E-state index contributed by atoms with van der Waals surface area (Å²) in [5.41, 5.74) is 2.46. The first kappa shape index (κ1) is 18.5. The fraction of sp³-hybridized carbons (Fsp3) is 0.333. The van der Waals surface area contributed by atoms with Crippen LogP contribution in [-0.4, -0.2) is 29.0 Å². The van der Waals surface area contributed by atoms with Gasteiger partial charge in [0.15, 0.2) is 0 Å². The summed E-state index contributed by atoms with van der Waals surface area (Å²) in [5, 5.41) is 5.68. The highest BCUT2D eigenvalue weighted by Gasteiger charge is 2.26. The molecule has 1 saturated heterocycles. The van der Waals surface area contributed by atoms with Gasteiger partial charge in [0.25, 0.3) is 0 Å². The Labute approximate surface area is 166 Å². The Morgan fingerprint density at radius 1 is 1.00 bits per heavy atom. The van der Waals surface area contributed by atoms with E-state index >= 15 is 0 Å². The van der Waals surface area contributed by atoms with Crippen molar-refractivity contribution in [3.63, 3.8) is 0 Å². The van der Waals surface area contributed by atoms with Crippen molar-refractivity contribution < 1.29 is 4.79 Å². The Hall–Kier alpha value is -2.88. The highest BCUT2D eigenvalue weighted by molar-refractivity contribution is 5.85. The van der Waals surface area contributed by atoms with E-state index in [1.807, 2.05) is 29.4 Å². The molecule has 0 saturated carbocycles. The Kier molecular flexibility index (Phi) is 5.86. The summed E-state index contributed by atoms with van der Waals surface area (Å²) >= 11 is 0. The summed E-state index contributed by atoms with van der Waals surface area (Å²) in [6.45, 7) is 1.46. The highest BCUT2D eigenvalue weighted by Crippen LogP contribution is 2.29. The average molecular weight is 374 g/mol. The molecule has 0 aliphatic carbocycles. The van der Waals surface area contributed by atoms with Crippen molar-refractivity contribution in [1.29, 1.82) is 0 Å². The summed E-state index contributed by atoms with van der Waals surface area (Å²) in [4.78, 5) is 19.1. The third-order valence-electron chi connectivity index (χ3n) is 5.66. The van der Waals surface area contributed by atoms with E-state index in [1.165, 1.54) is 28.3 Å². The lowest BCUT2D eigenvalue weighted by molar-refractivity contribution is 0.176. The minimum Gasteiger partial charge on any atom is -0.338 e. The lowest BCUT2D eigenvalue weighted by atomic mass is 10.0. The molecule has 1 atom stereocenters. The summed E-state index contributed by atoms with van der Waals surface area (Å²) in [5.74, 6) is 0. The second-order valence-electron chi connectivity index (χ2n) is 7.46. The maximum absolute atomic E-state index is 13.0. The van der Waals surface area contributed by atoms with Crippen LogP contribution in [0, 0.1) is 0 Å². The molecule has 1 N–H and O–H groups in total. The second-order valence-corrected chi connectivity index (χ2v) is 7.46. The number of benzene rings is 2. The predicted octanol–water partition coefficient (Wildman–Crippen LogP) is 5.10. The largest absolute Gasteiger partial charge is 0.338 e. The zero-order valence-electron chi connectivity index (χ0n) is 16.2. The summed E-state index contributed by atoms with van der Waals surface area (Å²) in [6.07, 6.45) is 8.89. The first-order valence-corrected chi connectivity index (χ1v) is 10.2. The number of amides is 2. The van der Waals surface area contributed by atoms with Gasteiger partial charge in [0.2, 0.25) is 0 Å². The van der Waals surface area contributed by atoms with Gasteiger partial charge in [-0.2, -0.15) is 0 Å². The molecule has 3 aromatic rings. The number of nitrogens with one attached hydrogen (secondary N) is 1. The Morgan fingerprint density at radius 3 is 2.71 bits per heavy atom. The molecular weight excluding hydrogens is 346 g/mol. The van der Waals surface area contributed by atoms with Gasteiger partial charge in [0.05, 0.1) is 6.04 Å². The molecule has 1 aliphatic heterocycles. The molecule has 0 spiro atoms. The number of rotatable bonds is 4. The molecule has 1 fully saturated rings. The predicted molar refractivity (Wildman–Crippen MR) is 113 cm³/mol. The van der Waals surface area contributed by atoms with Crippen LogP contribution in [0.2, 0.25) is 0 Å². The van der Waals surface area contributed by atoms with Crippen LogP contribution in [0.5, 0.6) is 0 Å². The van der Waals surface area contributed by atoms with Crippen molar-refractivity contribution in [1.82, 2.24) is 15.2 Å². The standard InChI is InChI=1S/C24H27N3O/c28-24(26-17-14-20-9-6-8-19-7-3-4-10-22(19)20)27-18-5-1-2-11-23(27)21-12-15-25-16-13-21/h3-4,6-10,12-13,15-16,23H,1-2,5,11,14,17-18H2,(H,26,28)/t23-/m1/s1. The van der Waals surface area contributed by atoms with Crippen molar-refractivity contribution in [2.75, 3.05) is 13.1 Å². The highest BCUT2D eigenvalue weighted by atomic mass is 16.2. The van der Waals surface area contributed by atoms with Gasteiger partial charge in [0, 0.05) is 25.5 Å². The topological polar surface area (TPSA) is 45.2 Å². The molecule has 1 aromatic heterocycles. The van der Waals surface area contributed by atoms with E-state index in [-0.39, 0.29) is 12.1 Å². The number of aromatic nitrogens is 1. The van der Waals surface area contributed by atoms with Crippen molar-refractivity contribution in [2.45, 2.75) is 38.1 Å². The van der Waals surface area contributed by atoms with E-state index in [4.69, 9.17) is 0 Å². The Balaban J connectivity index is 1.43. The lowest BCUT2D eigenvalue weighted by Crippen LogP contribution is -2.42. The molecule has 2 heterocycles. The summed E-state index contributed by atoms with van der Waals surface area (Å²) in [6, 6.07) is 19.1. The second kappa shape index (κ2) is 8.87. The number of urea groups is 1. The Bertz CT molecular complexity index is 920. The van der Waals surface area contributed by atoms with Crippen LogP contribution < -0.4 is 5.32 Å². The molecule has 0 bridgehead atoms. The van der Waals surface area contributed by atoms with E-state index < -0.39 is 0 Å². The van der Waals surface area contributed by atoms with Gasteiger partial charge in [-0.25, -0.2) is 4.79 Å². The summed E-state index contributed by atoms with van der Waals surface area (Å²) < 4.78 is 0. The van der Waals surface area contributed by atoms with Gasteiger partial charge in [-0.3, -0.25) is 4.98 Å². The van der Waals surface area contributed by atoms with E-state index in [1.54, 1.807) is 0 Å². The number of carbonyl (C=O) groups is 1. The van der Waals surface area contributed by atoms with Gasteiger partial charge in [-0.15, -0.1) is 0 Å². The van der Waals surface area contributed by atoms with Crippen molar-refractivity contribution >= 4 is 16.8 Å². The number of nitrogens with zero attached hydrogens (tertiary/aromatic N) is 2. The molecular formula is C24H27N3O. The smallest absolute Gasteiger partial charge is 0.317 e. The maximum atomic E-state index is 13.0. The number of hydrogen-bond donors (Lipinski definition) is 1. The van der Waals surface area contributed by atoms with Gasteiger partial charge >= 0.3 is 6.03 Å². The van der Waals surface area contributed by atoms with E-state index in [9.17, 15) is 4.79 Å². The maximum Gasteiger partial charge on any atom is 0.317 e. The van der Waals surface area contributed by atoms with Crippen LogP contribution in [0.25, 0.3) is 10.8 Å². The molecule has 144 valence electrons. The number of carbonyl (C=O) groups excluding carboxylic acids is 1. The molecule has 2 aromatic carbocycles. The zero-order chi connectivity index (χ0) is 19.2. The molecule has 1 aliphatic rings. The first-order valence-electron chi connectivity index (χ1n) is 10.2.